The maximum Gasteiger partial charge on any atom is 0.328 e. The highest BCUT2D eigenvalue weighted by atomic mass is 35.5. The molecule has 5 heteroatoms. The number of benzene rings is 1. The summed E-state index contributed by atoms with van der Waals surface area (Å²) in [6.45, 7) is 5.44. The monoisotopic (exact) mass is 297 g/mol. The number of carbonyl (C=O) groups is 1. The highest BCUT2D eigenvalue weighted by Gasteiger charge is 2.14. The predicted octanol–water partition coefficient (Wildman–Crippen LogP) is 3.30. The first-order valence-corrected chi connectivity index (χ1v) is 6.79. The van der Waals surface area contributed by atoms with Crippen LogP contribution in [0.1, 0.15) is 19.4 Å². The smallest absolute Gasteiger partial charge is 0.328 e. The third-order valence-corrected chi connectivity index (χ3v) is 3.10. The fourth-order valence-corrected chi connectivity index (χ4v) is 2.08. The van der Waals surface area contributed by atoms with E-state index in [-0.39, 0.29) is 6.04 Å². The molecule has 20 heavy (non-hydrogen) atoms. The van der Waals surface area contributed by atoms with Gasteiger partial charge in [-0.25, -0.2) is 4.79 Å². The Morgan fingerprint density at radius 3 is 2.75 bits per heavy atom. The lowest BCUT2D eigenvalue weighted by Crippen LogP contribution is -2.34. The van der Waals surface area contributed by atoms with E-state index in [2.05, 4.69) is 18.7 Å². The molecule has 0 atom stereocenters. The van der Waals surface area contributed by atoms with Crippen molar-refractivity contribution < 1.29 is 14.6 Å². The number of aliphatic carboxylic acids is 1. The van der Waals surface area contributed by atoms with E-state index in [0.29, 0.717) is 18.2 Å². The first kappa shape index (κ1) is 16.5. The summed E-state index contributed by atoms with van der Waals surface area (Å²) >= 11 is 6.06. The highest BCUT2D eigenvalue weighted by molar-refractivity contribution is 6.31. The standard InChI is InChI=1S/C15H20ClNO3/c1-11(2)17(8-9-20-3)14-10-13(16)6-4-12(14)5-7-15(18)19/h4-7,10-11H,8-9H2,1-3H3,(H,18,19)/b7-5+. The zero-order valence-corrected chi connectivity index (χ0v) is 12.7. The first-order valence-electron chi connectivity index (χ1n) is 6.42. The van der Waals surface area contributed by atoms with Gasteiger partial charge in [0.25, 0.3) is 0 Å². The van der Waals surface area contributed by atoms with Crippen molar-refractivity contribution in [3.05, 3.63) is 34.9 Å². The van der Waals surface area contributed by atoms with Gasteiger partial charge in [0.2, 0.25) is 0 Å². The third kappa shape index (κ3) is 4.87. The second-order valence-electron chi connectivity index (χ2n) is 4.65. The van der Waals surface area contributed by atoms with Crippen LogP contribution in [0.5, 0.6) is 0 Å². The Kier molecular flexibility index (Phi) is 6.55. The molecule has 1 aromatic rings. The number of hydrogen-bond donors (Lipinski definition) is 1. The predicted molar refractivity (Wildman–Crippen MR) is 82.5 cm³/mol. The summed E-state index contributed by atoms with van der Waals surface area (Å²) in [5.41, 5.74) is 1.73. The van der Waals surface area contributed by atoms with Gasteiger partial charge in [-0.1, -0.05) is 17.7 Å². The second kappa shape index (κ2) is 7.92. The van der Waals surface area contributed by atoms with Crippen LogP contribution in [0.4, 0.5) is 5.69 Å². The molecule has 0 bridgehead atoms. The Balaban J connectivity index is 3.16. The first-order chi connectivity index (χ1) is 9.45. The zero-order valence-electron chi connectivity index (χ0n) is 12.0. The van der Waals surface area contributed by atoms with E-state index in [1.165, 1.54) is 0 Å². The van der Waals surface area contributed by atoms with Gasteiger partial charge in [0, 0.05) is 36.5 Å². The van der Waals surface area contributed by atoms with Crippen molar-refractivity contribution in [3.63, 3.8) is 0 Å². The van der Waals surface area contributed by atoms with E-state index >= 15 is 0 Å². The fraction of sp³-hybridized carbons (Fsp3) is 0.400. The molecule has 0 aliphatic rings. The molecule has 0 aliphatic carbocycles. The normalized spacial score (nSPS) is 11.2. The van der Waals surface area contributed by atoms with Crippen LogP contribution >= 0.6 is 11.6 Å². The van der Waals surface area contributed by atoms with Crippen molar-refractivity contribution in [2.24, 2.45) is 0 Å². The minimum atomic E-state index is -0.973. The lowest BCUT2D eigenvalue weighted by atomic mass is 10.1. The molecule has 0 radical (unpaired) electrons. The van der Waals surface area contributed by atoms with E-state index in [1.54, 1.807) is 19.3 Å². The number of rotatable bonds is 7. The molecule has 1 aromatic carbocycles. The minimum Gasteiger partial charge on any atom is -0.478 e. The largest absolute Gasteiger partial charge is 0.478 e. The molecule has 0 heterocycles. The molecule has 1 rings (SSSR count). The molecule has 0 saturated heterocycles. The molecule has 110 valence electrons. The average molecular weight is 298 g/mol. The van der Waals surface area contributed by atoms with Crippen LogP contribution in [0.3, 0.4) is 0 Å². The van der Waals surface area contributed by atoms with E-state index in [9.17, 15) is 4.79 Å². The van der Waals surface area contributed by atoms with Gasteiger partial charge < -0.3 is 14.7 Å². The van der Waals surface area contributed by atoms with Crippen LogP contribution in [0, 0.1) is 0 Å². The summed E-state index contributed by atoms with van der Waals surface area (Å²) < 4.78 is 5.13. The van der Waals surface area contributed by atoms with Gasteiger partial charge in [0.15, 0.2) is 0 Å². The Morgan fingerprint density at radius 2 is 2.20 bits per heavy atom. The third-order valence-electron chi connectivity index (χ3n) is 2.87. The van der Waals surface area contributed by atoms with Gasteiger partial charge >= 0.3 is 5.97 Å². The van der Waals surface area contributed by atoms with Gasteiger partial charge in [-0.2, -0.15) is 0 Å². The topological polar surface area (TPSA) is 49.8 Å². The number of nitrogens with zero attached hydrogens (tertiary/aromatic N) is 1. The molecular weight excluding hydrogens is 278 g/mol. The molecule has 0 fully saturated rings. The van der Waals surface area contributed by atoms with Crippen molar-refractivity contribution in [2.45, 2.75) is 19.9 Å². The summed E-state index contributed by atoms with van der Waals surface area (Å²) in [5, 5.41) is 9.38. The van der Waals surface area contributed by atoms with Gasteiger partial charge in [0.1, 0.15) is 0 Å². The SMILES string of the molecule is COCCN(c1cc(Cl)ccc1/C=C/C(=O)O)C(C)C. The summed E-state index contributed by atoms with van der Waals surface area (Å²) in [7, 11) is 1.65. The Morgan fingerprint density at radius 1 is 1.50 bits per heavy atom. The molecule has 0 unspecified atom stereocenters. The van der Waals surface area contributed by atoms with Crippen molar-refractivity contribution in [3.8, 4) is 0 Å². The lowest BCUT2D eigenvalue weighted by molar-refractivity contribution is -0.131. The maximum absolute atomic E-state index is 10.7. The fourth-order valence-electron chi connectivity index (χ4n) is 1.91. The van der Waals surface area contributed by atoms with Gasteiger partial charge in [0.05, 0.1) is 6.61 Å². The average Bonchev–Trinajstić information content (AvgIpc) is 2.37. The molecule has 0 aliphatic heterocycles. The van der Waals surface area contributed by atoms with Crippen molar-refractivity contribution in [1.82, 2.24) is 0 Å². The molecular formula is C15H20ClNO3. The molecule has 0 aromatic heterocycles. The maximum atomic E-state index is 10.7. The summed E-state index contributed by atoms with van der Waals surface area (Å²) in [5.74, 6) is -0.973. The summed E-state index contributed by atoms with van der Waals surface area (Å²) in [4.78, 5) is 12.8. The Bertz CT molecular complexity index is 486. The van der Waals surface area contributed by atoms with E-state index in [4.69, 9.17) is 21.4 Å². The Labute approximate surface area is 124 Å². The number of anilines is 1. The van der Waals surface area contributed by atoms with Crippen LogP contribution in [-0.4, -0.2) is 37.4 Å². The minimum absolute atomic E-state index is 0.251. The van der Waals surface area contributed by atoms with Crippen LogP contribution < -0.4 is 4.90 Å². The van der Waals surface area contributed by atoms with Gasteiger partial charge in [-0.15, -0.1) is 0 Å². The van der Waals surface area contributed by atoms with Crippen molar-refractivity contribution in [2.75, 3.05) is 25.2 Å². The number of methoxy groups -OCH3 is 1. The number of hydrogen-bond acceptors (Lipinski definition) is 3. The van der Waals surface area contributed by atoms with Crippen molar-refractivity contribution >= 4 is 29.3 Å². The Hall–Kier alpha value is -1.52. The van der Waals surface area contributed by atoms with Crippen LogP contribution in [0.2, 0.25) is 5.02 Å². The van der Waals surface area contributed by atoms with Crippen LogP contribution in [-0.2, 0) is 9.53 Å². The number of halogens is 1. The number of carboxylic acid groups (broad SMARTS) is 1. The highest BCUT2D eigenvalue weighted by Crippen LogP contribution is 2.27. The van der Waals surface area contributed by atoms with Crippen LogP contribution in [0.25, 0.3) is 6.08 Å². The van der Waals surface area contributed by atoms with Gasteiger partial charge in [-0.3, -0.25) is 0 Å². The molecule has 4 nitrogen and oxygen atoms in total. The molecule has 1 N–H and O–H groups in total. The zero-order chi connectivity index (χ0) is 15.1. The second-order valence-corrected chi connectivity index (χ2v) is 5.09. The molecule has 0 amide bonds. The van der Waals surface area contributed by atoms with Gasteiger partial charge in [-0.05, 0) is 37.6 Å². The summed E-state index contributed by atoms with van der Waals surface area (Å²) in [6, 6.07) is 5.67. The van der Waals surface area contributed by atoms with Crippen LogP contribution in [0.15, 0.2) is 24.3 Å². The number of carboxylic acids is 1. The van der Waals surface area contributed by atoms with Crippen molar-refractivity contribution in [1.29, 1.82) is 0 Å². The molecule has 0 saturated carbocycles. The molecule has 0 spiro atoms. The quantitative estimate of drug-likeness (QED) is 0.785. The summed E-state index contributed by atoms with van der Waals surface area (Å²) in [6.07, 6.45) is 2.71. The van der Waals surface area contributed by atoms with E-state index < -0.39 is 5.97 Å². The number of ether oxygens (including phenoxy) is 1. The van der Waals surface area contributed by atoms with E-state index in [1.807, 2.05) is 12.1 Å². The van der Waals surface area contributed by atoms with E-state index in [0.717, 1.165) is 17.3 Å². The lowest BCUT2D eigenvalue weighted by Gasteiger charge is -2.30.